The fraction of sp³-hybridized carbons (Fsp3) is 0. The van der Waals surface area contributed by atoms with E-state index in [0.29, 0.717) is 16.0 Å². The Morgan fingerprint density at radius 3 is 2.81 bits per heavy atom. The van der Waals surface area contributed by atoms with E-state index in [1.807, 2.05) is 24.3 Å². The van der Waals surface area contributed by atoms with Crippen LogP contribution in [0.5, 0.6) is 0 Å². The molecule has 0 saturated heterocycles. The summed E-state index contributed by atoms with van der Waals surface area (Å²) < 4.78 is 0.826. The number of nitro groups is 1. The SMILES string of the molecule is O=C(Nc1cccc(-c2ccn[nH]2)c1)c1cc2cc([N+](=O)[O-])ccc2s1. The number of carbonyl (C=O) groups is 1. The van der Waals surface area contributed by atoms with Gasteiger partial charge in [-0.05, 0) is 30.3 Å². The van der Waals surface area contributed by atoms with Gasteiger partial charge in [0.15, 0.2) is 0 Å². The van der Waals surface area contributed by atoms with Gasteiger partial charge in [0.1, 0.15) is 0 Å². The Hall–Kier alpha value is -3.52. The highest BCUT2D eigenvalue weighted by Crippen LogP contribution is 2.29. The second kappa shape index (κ2) is 6.41. The molecule has 0 unspecified atom stereocenters. The summed E-state index contributed by atoms with van der Waals surface area (Å²) in [6.07, 6.45) is 1.66. The molecular formula is C18H12N4O3S. The van der Waals surface area contributed by atoms with Crippen LogP contribution < -0.4 is 5.32 Å². The van der Waals surface area contributed by atoms with E-state index in [4.69, 9.17) is 0 Å². The number of hydrogen-bond donors (Lipinski definition) is 2. The molecule has 2 aromatic heterocycles. The van der Waals surface area contributed by atoms with Crippen LogP contribution in [0.4, 0.5) is 11.4 Å². The van der Waals surface area contributed by atoms with E-state index in [9.17, 15) is 14.9 Å². The number of non-ortho nitro benzene ring substituents is 1. The molecule has 0 radical (unpaired) electrons. The van der Waals surface area contributed by atoms with E-state index in [2.05, 4.69) is 15.5 Å². The summed E-state index contributed by atoms with van der Waals surface area (Å²) in [5.41, 5.74) is 2.43. The number of aromatic amines is 1. The molecule has 7 nitrogen and oxygen atoms in total. The van der Waals surface area contributed by atoms with Gasteiger partial charge in [0, 0.05) is 39.7 Å². The molecular weight excluding hydrogens is 352 g/mol. The summed E-state index contributed by atoms with van der Waals surface area (Å²) in [6, 6.07) is 15.5. The summed E-state index contributed by atoms with van der Waals surface area (Å²) >= 11 is 1.30. The second-order valence-corrected chi connectivity index (χ2v) is 6.68. The third-order valence-electron chi connectivity index (χ3n) is 3.87. The zero-order valence-corrected chi connectivity index (χ0v) is 14.1. The van der Waals surface area contributed by atoms with Crippen molar-refractivity contribution in [3.05, 3.63) is 75.8 Å². The highest BCUT2D eigenvalue weighted by molar-refractivity contribution is 7.20. The molecule has 26 heavy (non-hydrogen) atoms. The maximum absolute atomic E-state index is 12.5. The van der Waals surface area contributed by atoms with E-state index in [1.165, 1.54) is 23.5 Å². The van der Waals surface area contributed by atoms with Crippen LogP contribution in [0.15, 0.2) is 60.8 Å². The molecule has 4 aromatic rings. The van der Waals surface area contributed by atoms with Crippen LogP contribution in [-0.2, 0) is 0 Å². The molecule has 1 amide bonds. The Labute approximate surface area is 151 Å². The van der Waals surface area contributed by atoms with Crippen LogP contribution in [-0.4, -0.2) is 21.0 Å². The van der Waals surface area contributed by atoms with Crippen molar-refractivity contribution in [2.45, 2.75) is 0 Å². The molecule has 128 valence electrons. The fourth-order valence-corrected chi connectivity index (χ4v) is 3.57. The summed E-state index contributed by atoms with van der Waals surface area (Å²) in [4.78, 5) is 23.5. The molecule has 2 N–H and O–H groups in total. The lowest BCUT2D eigenvalue weighted by Crippen LogP contribution is -2.09. The van der Waals surface area contributed by atoms with Crippen LogP contribution in [0.3, 0.4) is 0 Å². The lowest BCUT2D eigenvalue weighted by Gasteiger charge is -2.05. The molecule has 8 heteroatoms. The zero-order chi connectivity index (χ0) is 18.1. The normalized spacial score (nSPS) is 10.8. The molecule has 0 atom stereocenters. The highest BCUT2D eigenvalue weighted by Gasteiger charge is 2.14. The number of thiophene rings is 1. The van der Waals surface area contributed by atoms with Crippen LogP contribution in [0.1, 0.15) is 9.67 Å². The number of amides is 1. The molecule has 0 spiro atoms. The maximum atomic E-state index is 12.5. The first-order chi connectivity index (χ1) is 12.6. The van der Waals surface area contributed by atoms with Crippen LogP contribution >= 0.6 is 11.3 Å². The Bertz CT molecular complexity index is 1120. The third-order valence-corrected chi connectivity index (χ3v) is 4.98. The van der Waals surface area contributed by atoms with Crippen molar-refractivity contribution in [2.75, 3.05) is 5.32 Å². The van der Waals surface area contributed by atoms with Crippen molar-refractivity contribution in [3.63, 3.8) is 0 Å². The van der Waals surface area contributed by atoms with E-state index >= 15 is 0 Å². The summed E-state index contributed by atoms with van der Waals surface area (Å²) in [7, 11) is 0. The first kappa shape index (κ1) is 16.0. The number of benzene rings is 2. The summed E-state index contributed by atoms with van der Waals surface area (Å²) in [5, 5.41) is 21.2. The topological polar surface area (TPSA) is 101 Å². The number of nitrogens with one attached hydrogen (secondary N) is 2. The van der Waals surface area contributed by atoms with Gasteiger partial charge in [-0.25, -0.2) is 0 Å². The van der Waals surface area contributed by atoms with Crippen LogP contribution in [0.2, 0.25) is 0 Å². The Kier molecular flexibility index (Phi) is 3.94. The first-order valence-corrected chi connectivity index (χ1v) is 8.51. The highest BCUT2D eigenvalue weighted by atomic mass is 32.1. The van der Waals surface area contributed by atoms with Gasteiger partial charge in [-0.1, -0.05) is 12.1 Å². The lowest BCUT2D eigenvalue weighted by atomic mass is 10.1. The monoisotopic (exact) mass is 364 g/mol. The molecule has 0 aliphatic carbocycles. The lowest BCUT2D eigenvalue weighted by molar-refractivity contribution is -0.384. The standard InChI is InChI=1S/C18H12N4O3S/c23-18(17-10-12-9-14(22(24)25)4-5-16(12)26-17)20-13-3-1-2-11(8-13)15-6-7-19-21-15/h1-10H,(H,19,21)(H,20,23). The average molecular weight is 364 g/mol. The summed E-state index contributed by atoms with van der Waals surface area (Å²) in [6.45, 7) is 0. The van der Waals surface area contributed by atoms with Crippen molar-refractivity contribution in [2.24, 2.45) is 0 Å². The van der Waals surface area contributed by atoms with Crippen molar-refractivity contribution in [3.8, 4) is 11.3 Å². The van der Waals surface area contributed by atoms with Crippen molar-refractivity contribution < 1.29 is 9.72 Å². The zero-order valence-electron chi connectivity index (χ0n) is 13.3. The molecule has 0 aliphatic heterocycles. The van der Waals surface area contributed by atoms with Gasteiger partial charge < -0.3 is 5.32 Å². The van der Waals surface area contributed by atoms with E-state index in [-0.39, 0.29) is 11.6 Å². The van der Waals surface area contributed by atoms with Gasteiger partial charge in [-0.2, -0.15) is 5.10 Å². The smallest absolute Gasteiger partial charge is 0.270 e. The Morgan fingerprint density at radius 1 is 1.15 bits per heavy atom. The largest absolute Gasteiger partial charge is 0.321 e. The molecule has 0 bridgehead atoms. The van der Waals surface area contributed by atoms with Crippen LogP contribution in [0.25, 0.3) is 21.3 Å². The summed E-state index contributed by atoms with van der Waals surface area (Å²) in [5.74, 6) is -0.254. The quantitative estimate of drug-likeness (QED) is 0.412. The number of aromatic nitrogens is 2. The predicted molar refractivity (Wildman–Crippen MR) is 100 cm³/mol. The molecule has 0 aliphatic rings. The van der Waals surface area contributed by atoms with Gasteiger partial charge >= 0.3 is 0 Å². The number of rotatable bonds is 4. The molecule has 0 saturated carbocycles. The third kappa shape index (κ3) is 3.05. The Morgan fingerprint density at radius 2 is 2.04 bits per heavy atom. The number of fused-ring (bicyclic) bond motifs is 1. The number of nitrogens with zero attached hydrogens (tertiary/aromatic N) is 2. The van der Waals surface area contributed by atoms with Gasteiger partial charge in [0.05, 0.1) is 15.5 Å². The number of H-pyrrole nitrogens is 1. The van der Waals surface area contributed by atoms with Crippen molar-refractivity contribution in [1.29, 1.82) is 0 Å². The molecule has 4 rings (SSSR count). The number of anilines is 1. The molecule has 2 heterocycles. The minimum Gasteiger partial charge on any atom is -0.321 e. The minimum atomic E-state index is -0.447. The second-order valence-electron chi connectivity index (χ2n) is 5.60. The average Bonchev–Trinajstić information content (AvgIpc) is 3.31. The number of carbonyl (C=O) groups excluding carboxylic acids is 1. The van der Waals surface area contributed by atoms with Crippen molar-refractivity contribution >= 4 is 38.7 Å². The van der Waals surface area contributed by atoms with E-state index < -0.39 is 4.92 Å². The van der Waals surface area contributed by atoms with Crippen LogP contribution in [0, 0.1) is 10.1 Å². The van der Waals surface area contributed by atoms with Crippen molar-refractivity contribution in [1.82, 2.24) is 10.2 Å². The van der Waals surface area contributed by atoms with Gasteiger partial charge in [-0.3, -0.25) is 20.0 Å². The number of nitro benzene ring substituents is 1. The van der Waals surface area contributed by atoms with E-state index in [0.717, 1.165) is 16.0 Å². The fourth-order valence-electron chi connectivity index (χ4n) is 2.63. The van der Waals surface area contributed by atoms with Gasteiger partial charge in [0.2, 0.25) is 0 Å². The molecule has 2 aromatic carbocycles. The predicted octanol–water partition coefficient (Wildman–Crippen LogP) is 4.45. The number of hydrogen-bond acceptors (Lipinski definition) is 5. The first-order valence-electron chi connectivity index (χ1n) is 7.69. The van der Waals surface area contributed by atoms with E-state index in [1.54, 1.807) is 24.4 Å². The van der Waals surface area contributed by atoms with Gasteiger partial charge in [0.25, 0.3) is 11.6 Å². The maximum Gasteiger partial charge on any atom is 0.270 e. The van der Waals surface area contributed by atoms with Gasteiger partial charge in [-0.15, -0.1) is 11.3 Å². The minimum absolute atomic E-state index is 0.00881. The molecule has 0 fully saturated rings. The Balaban J connectivity index is 1.59.